The van der Waals surface area contributed by atoms with Crippen LogP contribution < -0.4 is 22.1 Å². The van der Waals surface area contributed by atoms with Gasteiger partial charge in [0.1, 0.15) is 18.6 Å². The number of benzene rings is 2. The first-order chi connectivity index (χ1) is 14.8. The van der Waals surface area contributed by atoms with Gasteiger partial charge in [0.2, 0.25) is 5.66 Å². The monoisotopic (exact) mass is 425 g/mol. The lowest BCUT2D eigenvalue weighted by Crippen LogP contribution is -2.78. The Balaban J connectivity index is 1.49. The summed E-state index contributed by atoms with van der Waals surface area (Å²) in [7, 11) is 0. The highest BCUT2D eigenvalue weighted by Crippen LogP contribution is 2.43. The molecule has 0 bridgehead atoms. The molecule has 5 rings (SSSR count). The van der Waals surface area contributed by atoms with E-state index in [-0.39, 0.29) is 24.5 Å². The van der Waals surface area contributed by atoms with Crippen LogP contribution in [0.2, 0.25) is 0 Å². The van der Waals surface area contributed by atoms with Gasteiger partial charge in [0, 0.05) is 0 Å². The summed E-state index contributed by atoms with van der Waals surface area (Å²) in [6.07, 6.45) is -0.671. The molecule has 2 aromatic carbocycles. The summed E-state index contributed by atoms with van der Waals surface area (Å²) in [6, 6.07) is 11.9. The van der Waals surface area contributed by atoms with Crippen LogP contribution in [0.5, 0.6) is 0 Å². The second kappa shape index (κ2) is 6.56. The van der Waals surface area contributed by atoms with Gasteiger partial charge in [-0.15, -0.1) is 0 Å². The molecule has 0 aliphatic carbocycles. The fourth-order valence-electron chi connectivity index (χ4n) is 4.94. The second-order valence-electron chi connectivity index (χ2n) is 8.19. The molecule has 3 aliphatic rings. The van der Waals surface area contributed by atoms with Gasteiger partial charge < -0.3 is 26.0 Å². The lowest BCUT2D eigenvalue weighted by Gasteiger charge is -2.43. The number of nitrogens with one attached hydrogen (secondary N) is 2. The van der Waals surface area contributed by atoms with E-state index in [1.54, 1.807) is 12.1 Å². The quantitative estimate of drug-likeness (QED) is 0.202. The van der Waals surface area contributed by atoms with Crippen molar-refractivity contribution in [2.24, 2.45) is 16.5 Å². The smallest absolute Gasteiger partial charge is 0.346 e. The van der Waals surface area contributed by atoms with Gasteiger partial charge in [0.15, 0.2) is 12.1 Å². The molecule has 1 fully saturated rings. The number of hydrogen-bond donors (Lipinski definition) is 6. The Labute approximate surface area is 178 Å². The lowest BCUT2D eigenvalue weighted by molar-refractivity contribution is -0.623. The van der Waals surface area contributed by atoms with Gasteiger partial charge in [0.25, 0.3) is 5.79 Å². The predicted octanol–water partition coefficient (Wildman–Crippen LogP) is -1.25. The maximum atomic E-state index is 12.9. The number of hydrogen-bond acceptors (Lipinski definition) is 9. The van der Waals surface area contributed by atoms with Crippen LogP contribution in [0.1, 0.15) is 23.7 Å². The van der Waals surface area contributed by atoms with Crippen LogP contribution >= 0.6 is 0 Å². The Bertz CT molecular complexity index is 1150. The maximum Gasteiger partial charge on any atom is 0.346 e. The minimum absolute atomic E-state index is 0.0477. The van der Waals surface area contributed by atoms with E-state index < -0.39 is 29.6 Å². The minimum atomic E-state index is -2.51. The molecule has 10 heteroatoms. The number of nitrogens with zero attached hydrogens (tertiary/aromatic N) is 2. The number of guanidine groups is 2. The zero-order valence-electron chi connectivity index (χ0n) is 16.9. The highest BCUT2D eigenvalue weighted by atomic mass is 16.6. The average Bonchev–Trinajstić information content (AvgIpc) is 3.22. The van der Waals surface area contributed by atoms with Crippen LogP contribution in [0, 0.1) is 0 Å². The van der Waals surface area contributed by atoms with Gasteiger partial charge in [-0.25, -0.2) is 14.4 Å². The molecule has 8 N–H and O–H groups in total. The van der Waals surface area contributed by atoms with Crippen LogP contribution in [0.15, 0.2) is 47.5 Å². The summed E-state index contributed by atoms with van der Waals surface area (Å²) in [4.78, 5) is 17.3. The number of carbonyl (C=O) groups excluding carboxylic acids is 1. The van der Waals surface area contributed by atoms with Crippen molar-refractivity contribution >= 4 is 28.7 Å². The van der Waals surface area contributed by atoms with Crippen LogP contribution in [-0.4, -0.2) is 68.9 Å². The molecule has 31 heavy (non-hydrogen) atoms. The summed E-state index contributed by atoms with van der Waals surface area (Å²) in [5.41, 5.74) is 10.9. The van der Waals surface area contributed by atoms with E-state index in [9.17, 15) is 15.0 Å². The van der Waals surface area contributed by atoms with E-state index in [1.807, 2.05) is 37.3 Å². The number of aliphatic hydroxyl groups is 2. The van der Waals surface area contributed by atoms with Gasteiger partial charge >= 0.3 is 11.9 Å². The van der Waals surface area contributed by atoms with Crippen molar-refractivity contribution in [2.45, 2.75) is 43.0 Å². The van der Waals surface area contributed by atoms with Crippen LogP contribution in [0.25, 0.3) is 10.8 Å². The first-order valence-electron chi connectivity index (χ1n) is 10.2. The van der Waals surface area contributed by atoms with Crippen molar-refractivity contribution in [3.8, 4) is 0 Å². The topological polar surface area (TPSA) is 158 Å². The normalized spacial score (nSPS) is 30.8. The zero-order chi connectivity index (χ0) is 22.0. The molecule has 4 atom stereocenters. The molecule has 1 spiro atoms. The number of fused-ring (bicyclic) bond motifs is 1. The molecule has 0 amide bonds. The van der Waals surface area contributed by atoms with Gasteiger partial charge in [-0.2, -0.15) is 0 Å². The number of ether oxygens (including phenoxy) is 1. The third kappa shape index (κ3) is 2.61. The van der Waals surface area contributed by atoms with E-state index in [2.05, 4.69) is 15.6 Å². The number of nitrogens with two attached hydrogens (primary N) is 2. The zero-order valence-corrected chi connectivity index (χ0v) is 16.9. The van der Waals surface area contributed by atoms with Crippen molar-refractivity contribution in [3.63, 3.8) is 0 Å². The van der Waals surface area contributed by atoms with Gasteiger partial charge in [-0.3, -0.25) is 11.1 Å². The number of esters is 1. The van der Waals surface area contributed by atoms with E-state index in [0.717, 1.165) is 10.8 Å². The maximum absolute atomic E-state index is 12.9. The fourth-order valence-corrected chi connectivity index (χ4v) is 4.94. The van der Waals surface area contributed by atoms with Crippen LogP contribution in [0.3, 0.4) is 0 Å². The summed E-state index contributed by atoms with van der Waals surface area (Å²) in [6.45, 7) is 1.88. The molecule has 1 saturated heterocycles. The molecule has 2 aromatic rings. The minimum Gasteiger partial charge on any atom is -0.449 e. The van der Waals surface area contributed by atoms with Crippen molar-refractivity contribution in [2.75, 3.05) is 6.54 Å². The molecular formula is C21H25N6O4+. The molecule has 162 valence electrons. The highest BCUT2D eigenvalue weighted by Gasteiger charge is 2.75. The van der Waals surface area contributed by atoms with Crippen molar-refractivity contribution in [1.29, 1.82) is 0 Å². The number of rotatable bonds is 3. The van der Waals surface area contributed by atoms with E-state index in [0.29, 0.717) is 12.0 Å². The predicted molar refractivity (Wildman–Crippen MR) is 113 cm³/mol. The van der Waals surface area contributed by atoms with E-state index in [4.69, 9.17) is 16.2 Å². The van der Waals surface area contributed by atoms with Gasteiger partial charge in [-0.05, 0) is 29.3 Å². The fraction of sp³-hybridized carbons (Fsp3) is 0.381. The first kappa shape index (κ1) is 19.6. The molecular weight excluding hydrogens is 400 g/mol. The Kier molecular flexibility index (Phi) is 4.15. The number of aliphatic imine (C=N–C) groups is 1. The summed E-state index contributed by atoms with van der Waals surface area (Å²) >= 11 is 0. The van der Waals surface area contributed by atoms with Gasteiger partial charge in [-0.1, -0.05) is 37.3 Å². The van der Waals surface area contributed by atoms with Crippen LogP contribution in [-0.2, 0) is 4.74 Å². The van der Waals surface area contributed by atoms with Crippen molar-refractivity contribution in [3.05, 3.63) is 48.0 Å². The molecule has 3 aliphatic heterocycles. The Morgan fingerprint density at radius 2 is 2.00 bits per heavy atom. The Hall–Kier alpha value is -3.37. The third-order valence-electron chi connectivity index (χ3n) is 6.49. The SMILES string of the molecule is CC[C@@H]1NC(N)=[N+]2C[C@H](OC(=O)c3ccc4ccccc4c3)C(O)(O)[C@@]23NC(N)=N[C@@H]13. The Morgan fingerprint density at radius 3 is 2.74 bits per heavy atom. The lowest BCUT2D eigenvalue weighted by atomic mass is 9.85. The number of carbonyl (C=O) groups is 1. The summed E-state index contributed by atoms with van der Waals surface area (Å²) in [5.74, 6) is -2.87. The molecule has 0 aromatic heterocycles. The van der Waals surface area contributed by atoms with Crippen molar-refractivity contribution < 1.29 is 24.3 Å². The molecule has 3 heterocycles. The molecule has 0 unspecified atom stereocenters. The molecule has 10 nitrogen and oxygen atoms in total. The molecule has 0 saturated carbocycles. The summed E-state index contributed by atoms with van der Waals surface area (Å²) < 4.78 is 7.13. The standard InChI is InChI=1S/C21H24N6O4/c1-2-14-16-20(26-18(22)25-16)21(29,30)15(10-27(20)19(23)24-14)31-17(28)13-8-7-11-5-3-4-6-12(11)9-13/h3-9,14-16,29-30H,2,10H2,1H3,(H5,22,23,24,25,26)/p+1/t14-,15-,16-,20-/m0/s1. The molecule has 0 radical (unpaired) electrons. The highest BCUT2D eigenvalue weighted by molar-refractivity contribution is 5.95. The van der Waals surface area contributed by atoms with Crippen molar-refractivity contribution in [1.82, 2.24) is 10.6 Å². The largest absolute Gasteiger partial charge is 0.449 e. The van der Waals surface area contributed by atoms with Gasteiger partial charge in [0.05, 0.1) is 5.56 Å². The summed E-state index contributed by atoms with van der Waals surface area (Å²) in [5, 5.41) is 30.5. The second-order valence-corrected chi connectivity index (χ2v) is 8.19. The third-order valence-corrected chi connectivity index (χ3v) is 6.49. The Morgan fingerprint density at radius 1 is 1.26 bits per heavy atom. The van der Waals surface area contributed by atoms with E-state index in [1.165, 1.54) is 4.58 Å². The van der Waals surface area contributed by atoms with E-state index >= 15 is 0 Å². The first-order valence-corrected chi connectivity index (χ1v) is 10.2. The van der Waals surface area contributed by atoms with Crippen LogP contribution in [0.4, 0.5) is 0 Å². The average molecular weight is 425 g/mol.